The molecule has 100 valence electrons. The molecule has 0 bridgehead atoms. The van der Waals surface area contributed by atoms with Crippen molar-refractivity contribution in [1.29, 1.82) is 0 Å². The Bertz CT molecular complexity index is 294. The Labute approximate surface area is 107 Å². The van der Waals surface area contributed by atoms with Crippen LogP contribution in [0.5, 0.6) is 0 Å². The summed E-state index contributed by atoms with van der Waals surface area (Å²) in [6, 6.07) is 0.294. The Morgan fingerprint density at radius 1 is 1.41 bits per heavy atom. The molecule has 0 aliphatic heterocycles. The Morgan fingerprint density at radius 2 is 2.06 bits per heavy atom. The van der Waals surface area contributed by atoms with Crippen LogP contribution in [0.3, 0.4) is 0 Å². The molecule has 0 aromatic rings. The lowest BCUT2D eigenvalue weighted by Crippen LogP contribution is -2.46. The highest BCUT2D eigenvalue weighted by Gasteiger charge is 2.32. The highest BCUT2D eigenvalue weighted by molar-refractivity contribution is 7.86. The van der Waals surface area contributed by atoms with Gasteiger partial charge in [-0.2, -0.15) is 0 Å². The van der Waals surface area contributed by atoms with Gasteiger partial charge in [0, 0.05) is 30.9 Å². The minimum Gasteiger partial charge on any atom is -0.348 e. The number of nitrogens with zero attached hydrogens (tertiary/aromatic N) is 1. The van der Waals surface area contributed by atoms with E-state index in [1.165, 1.54) is 11.3 Å². The summed E-state index contributed by atoms with van der Waals surface area (Å²) < 4.78 is 12.3. The smallest absolute Gasteiger partial charge is 0.234 e. The molecule has 17 heavy (non-hydrogen) atoms. The van der Waals surface area contributed by atoms with Gasteiger partial charge in [0.1, 0.15) is 5.75 Å². The average Bonchev–Trinajstić information content (AvgIpc) is 2.28. The number of hydrogen-bond donors (Lipinski definition) is 1. The molecule has 1 N–H and O–H groups in total. The maximum atomic E-state index is 12.3. The third kappa shape index (κ3) is 4.07. The van der Waals surface area contributed by atoms with Crippen molar-refractivity contribution in [2.45, 2.75) is 37.5 Å². The first-order valence-electron chi connectivity index (χ1n) is 6.20. The molecule has 4 nitrogen and oxygen atoms in total. The molecule has 1 aliphatic rings. The number of carbonyl (C=O) groups excluding carboxylic acids is 1. The summed E-state index contributed by atoms with van der Waals surface area (Å²) in [5, 5.41) is 3.36. The van der Waals surface area contributed by atoms with E-state index >= 15 is 0 Å². The monoisotopic (exact) mass is 260 g/mol. The van der Waals surface area contributed by atoms with Crippen LogP contribution >= 0.6 is 0 Å². The van der Waals surface area contributed by atoms with Crippen molar-refractivity contribution in [2.24, 2.45) is 5.92 Å². The van der Waals surface area contributed by atoms with Crippen LogP contribution < -0.4 is 5.32 Å². The Kier molecular flexibility index (Phi) is 5.59. The maximum Gasteiger partial charge on any atom is 0.234 e. The summed E-state index contributed by atoms with van der Waals surface area (Å²) in [5.74, 6) is 0.724. The van der Waals surface area contributed by atoms with Crippen molar-refractivity contribution < 1.29 is 9.00 Å². The van der Waals surface area contributed by atoms with Crippen LogP contribution in [-0.4, -0.2) is 53.2 Å². The van der Waals surface area contributed by atoms with E-state index in [0.717, 1.165) is 12.8 Å². The molecule has 0 heterocycles. The van der Waals surface area contributed by atoms with Gasteiger partial charge in [0.05, 0.1) is 5.25 Å². The minimum absolute atomic E-state index is 0.0450. The van der Waals surface area contributed by atoms with Crippen LogP contribution in [0.2, 0.25) is 0 Å². The van der Waals surface area contributed by atoms with Gasteiger partial charge in [0.25, 0.3) is 0 Å². The molecular formula is C12H24N2O2S. The lowest BCUT2D eigenvalue weighted by Gasteiger charge is -2.34. The lowest BCUT2D eigenvalue weighted by atomic mass is 9.87. The van der Waals surface area contributed by atoms with Gasteiger partial charge in [-0.15, -0.1) is 0 Å². The number of rotatable bonds is 4. The van der Waals surface area contributed by atoms with Crippen LogP contribution in [0.1, 0.15) is 26.2 Å². The van der Waals surface area contributed by atoms with Crippen LogP contribution in [0.15, 0.2) is 0 Å². The normalized spacial score (nSPS) is 30.9. The third-order valence-corrected chi connectivity index (χ3v) is 5.25. The molecule has 4 unspecified atom stereocenters. The Morgan fingerprint density at radius 3 is 2.59 bits per heavy atom. The molecule has 5 heteroatoms. The second-order valence-corrected chi connectivity index (χ2v) is 6.82. The molecule has 1 rings (SSSR count). The fourth-order valence-electron chi connectivity index (χ4n) is 2.31. The zero-order valence-electron chi connectivity index (χ0n) is 11.2. The molecule has 1 fully saturated rings. The summed E-state index contributed by atoms with van der Waals surface area (Å²) in [6.07, 6.45) is 3.20. The minimum atomic E-state index is -1.06. The highest BCUT2D eigenvalue weighted by atomic mass is 32.2. The van der Waals surface area contributed by atoms with E-state index in [1.54, 1.807) is 14.1 Å². The Hall–Kier alpha value is -0.420. The molecule has 1 amide bonds. The van der Waals surface area contributed by atoms with Crippen molar-refractivity contribution in [3.8, 4) is 0 Å². The van der Waals surface area contributed by atoms with Gasteiger partial charge >= 0.3 is 0 Å². The summed E-state index contributed by atoms with van der Waals surface area (Å²) in [5.41, 5.74) is 0. The molecule has 0 spiro atoms. The van der Waals surface area contributed by atoms with E-state index in [9.17, 15) is 9.00 Å². The molecule has 0 radical (unpaired) electrons. The molecule has 1 saturated carbocycles. The fraction of sp³-hybridized carbons (Fsp3) is 0.917. The molecule has 1 aliphatic carbocycles. The van der Waals surface area contributed by atoms with Gasteiger partial charge in [-0.1, -0.05) is 6.92 Å². The highest BCUT2D eigenvalue weighted by Crippen LogP contribution is 2.27. The van der Waals surface area contributed by atoms with E-state index in [2.05, 4.69) is 12.2 Å². The molecule has 4 atom stereocenters. The van der Waals surface area contributed by atoms with E-state index in [4.69, 9.17) is 0 Å². The first kappa shape index (κ1) is 14.6. The van der Waals surface area contributed by atoms with Crippen molar-refractivity contribution in [2.75, 3.05) is 26.9 Å². The van der Waals surface area contributed by atoms with Crippen LogP contribution in [-0.2, 0) is 15.6 Å². The number of carbonyl (C=O) groups is 1. The van der Waals surface area contributed by atoms with Gasteiger partial charge in [-0.25, -0.2) is 0 Å². The molecule has 0 aromatic heterocycles. The maximum absolute atomic E-state index is 12.3. The molecule has 0 saturated heterocycles. The van der Waals surface area contributed by atoms with Crippen molar-refractivity contribution in [3.05, 3.63) is 0 Å². The largest absolute Gasteiger partial charge is 0.348 e. The quantitative estimate of drug-likeness (QED) is 0.805. The van der Waals surface area contributed by atoms with Gasteiger partial charge in [0.2, 0.25) is 5.91 Å². The van der Waals surface area contributed by atoms with E-state index in [-0.39, 0.29) is 16.9 Å². The average molecular weight is 260 g/mol. The van der Waals surface area contributed by atoms with Crippen LogP contribution in [0, 0.1) is 5.92 Å². The van der Waals surface area contributed by atoms with Crippen molar-refractivity contribution in [3.63, 3.8) is 0 Å². The topological polar surface area (TPSA) is 49.4 Å². The fourth-order valence-corrected chi connectivity index (χ4v) is 4.20. The van der Waals surface area contributed by atoms with Crippen molar-refractivity contribution >= 4 is 16.7 Å². The summed E-state index contributed by atoms with van der Waals surface area (Å²) in [7, 11) is 4.27. The molecular weight excluding hydrogens is 236 g/mol. The number of hydrogen-bond acceptors (Lipinski definition) is 3. The summed E-state index contributed by atoms with van der Waals surface area (Å²) >= 11 is 0. The van der Waals surface area contributed by atoms with Gasteiger partial charge < -0.3 is 10.2 Å². The third-order valence-electron chi connectivity index (χ3n) is 3.53. The molecule has 0 aromatic carbocycles. The first-order chi connectivity index (χ1) is 7.95. The number of nitrogens with one attached hydrogen (secondary N) is 1. The second-order valence-electron chi connectivity index (χ2n) is 5.17. The summed E-state index contributed by atoms with van der Waals surface area (Å²) in [4.78, 5) is 13.1. The van der Waals surface area contributed by atoms with Gasteiger partial charge in [-0.3, -0.25) is 9.00 Å². The number of amides is 1. The van der Waals surface area contributed by atoms with Gasteiger partial charge in [-0.05, 0) is 32.2 Å². The Balaban J connectivity index is 2.61. The van der Waals surface area contributed by atoms with Crippen molar-refractivity contribution in [1.82, 2.24) is 10.2 Å². The van der Waals surface area contributed by atoms with Gasteiger partial charge in [0.15, 0.2) is 0 Å². The zero-order chi connectivity index (χ0) is 13.0. The zero-order valence-corrected chi connectivity index (χ0v) is 12.0. The van der Waals surface area contributed by atoms with E-state index in [1.807, 2.05) is 7.05 Å². The predicted octanol–water partition coefficient (Wildman–Crippen LogP) is 0.600. The standard InChI is InChI=1S/C12H24N2O2S/c1-9-5-6-10(13-2)11(7-9)17(16)8-12(15)14(3)4/h9-11,13H,5-8H2,1-4H3. The lowest BCUT2D eigenvalue weighted by molar-refractivity contribution is -0.125. The first-order valence-corrected chi connectivity index (χ1v) is 7.58. The van der Waals surface area contributed by atoms with Crippen LogP contribution in [0.4, 0.5) is 0 Å². The van der Waals surface area contributed by atoms with E-state index in [0.29, 0.717) is 12.0 Å². The van der Waals surface area contributed by atoms with E-state index < -0.39 is 10.8 Å². The summed E-state index contributed by atoms with van der Waals surface area (Å²) in [6.45, 7) is 2.20. The predicted molar refractivity (Wildman–Crippen MR) is 71.4 cm³/mol. The van der Waals surface area contributed by atoms with Crippen LogP contribution in [0.25, 0.3) is 0 Å². The SMILES string of the molecule is CNC1CCC(C)CC1S(=O)CC(=O)N(C)C. The second kappa shape index (κ2) is 6.50.